The van der Waals surface area contributed by atoms with E-state index in [0.717, 1.165) is 5.56 Å². The second-order valence-electron chi connectivity index (χ2n) is 7.37. The number of nitrogens with two attached hydrogens (primary N) is 1. The number of phenolic OH excluding ortho intramolecular Hbond substituents is 1. The molecule has 0 fully saturated rings. The smallest absolute Gasteiger partial charge is 0.408 e. The van der Waals surface area contributed by atoms with Crippen molar-refractivity contribution in [1.29, 1.82) is 0 Å². The lowest BCUT2D eigenvalue weighted by molar-refractivity contribution is -0.128. The van der Waals surface area contributed by atoms with Gasteiger partial charge in [0.15, 0.2) is 0 Å². The van der Waals surface area contributed by atoms with Crippen LogP contribution in [0.1, 0.15) is 16.8 Å². The van der Waals surface area contributed by atoms with Gasteiger partial charge in [-0.15, -0.1) is 0 Å². The number of nitrogens with one attached hydrogen (secondary N) is 3. The van der Waals surface area contributed by atoms with Crippen LogP contribution in [0.4, 0.5) is 4.79 Å². The van der Waals surface area contributed by atoms with Gasteiger partial charge in [-0.25, -0.2) is 9.78 Å². The number of hydrogen-bond donors (Lipinski definition) is 5. The van der Waals surface area contributed by atoms with E-state index >= 15 is 0 Å². The Morgan fingerprint density at radius 3 is 2.33 bits per heavy atom. The summed E-state index contributed by atoms with van der Waals surface area (Å²) >= 11 is 0. The van der Waals surface area contributed by atoms with Crippen molar-refractivity contribution in [3.8, 4) is 5.75 Å². The lowest BCUT2D eigenvalue weighted by atomic mass is 10.0. The Hall–Kier alpha value is -4.34. The van der Waals surface area contributed by atoms with Crippen LogP contribution in [-0.4, -0.2) is 45.1 Å². The highest BCUT2D eigenvalue weighted by Gasteiger charge is 2.27. The number of aromatic hydroxyl groups is 1. The van der Waals surface area contributed by atoms with Crippen molar-refractivity contribution in [2.24, 2.45) is 5.73 Å². The summed E-state index contributed by atoms with van der Waals surface area (Å²) in [5, 5.41) is 14.5. The normalized spacial score (nSPS) is 12.4. The number of imidazole rings is 1. The number of carbonyl (C=O) groups is 3. The van der Waals surface area contributed by atoms with Crippen molar-refractivity contribution in [1.82, 2.24) is 20.6 Å². The van der Waals surface area contributed by atoms with Crippen LogP contribution < -0.4 is 16.4 Å². The summed E-state index contributed by atoms with van der Waals surface area (Å²) in [5.74, 6) is -1.26. The van der Waals surface area contributed by atoms with Crippen molar-refractivity contribution >= 4 is 17.9 Å². The molecule has 3 aromatic rings. The van der Waals surface area contributed by atoms with E-state index in [9.17, 15) is 19.5 Å². The molecule has 6 N–H and O–H groups in total. The molecule has 2 atom stereocenters. The van der Waals surface area contributed by atoms with Gasteiger partial charge in [0.2, 0.25) is 11.8 Å². The van der Waals surface area contributed by atoms with Gasteiger partial charge in [0.05, 0.1) is 6.33 Å². The summed E-state index contributed by atoms with van der Waals surface area (Å²) < 4.78 is 5.22. The van der Waals surface area contributed by atoms with E-state index in [1.54, 1.807) is 12.1 Å². The van der Waals surface area contributed by atoms with Crippen molar-refractivity contribution in [2.75, 3.05) is 0 Å². The van der Waals surface area contributed by atoms with E-state index in [1.807, 2.05) is 30.3 Å². The van der Waals surface area contributed by atoms with E-state index in [2.05, 4.69) is 20.6 Å². The van der Waals surface area contributed by atoms with Crippen LogP contribution in [-0.2, 0) is 33.8 Å². The first-order valence-electron chi connectivity index (χ1n) is 10.2. The molecule has 0 aliphatic carbocycles. The quantitative estimate of drug-likeness (QED) is 0.311. The molecule has 0 spiro atoms. The lowest BCUT2D eigenvalue weighted by Crippen LogP contribution is -2.54. The highest BCUT2D eigenvalue weighted by atomic mass is 16.5. The van der Waals surface area contributed by atoms with Gasteiger partial charge >= 0.3 is 6.09 Å². The van der Waals surface area contributed by atoms with Gasteiger partial charge in [-0.2, -0.15) is 0 Å². The Kier molecular flexibility index (Phi) is 8.01. The SMILES string of the molecule is NC(=O)[C@H](Cc1ccc(O)cc1)NC(=O)C(Cc1cnc[nH]1)NC(=O)OCc1ccccc1. The first-order chi connectivity index (χ1) is 15.9. The number of alkyl carbamates (subject to hydrolysis) is 1. The van der Waals surface area contributed by atoms with E-state index in [-0.39, 0.29) is 25.2 Å². The average Bonchev–Trinajstić information content (AvgIpc) is 3.32. The topological polar surface area (TPSA) is 159 Å². The maximum absolute atomic E-state index is 13.0. The summed E-state index contributed by atoms with van der Waals surface area (Å²) in [4.78, 5) is 44.1. The second kappa shape index (κ2) is 11.3. The number of phenols is 1. The molecule has 10 nitrogen and oxygen atoms in total. The van der Waals surface area contributed by atoms with E-state index < -0.39 is 30.0 Å². The fourth-order valence-corrected chi connectivity index (χ4v) is 3.10. The first-order valence-corrected chi connectivity index (χ1v) is 10.2. The van der Waals surface area contributed by atoms with Crippen LogP contribution in [0.3, 0.4) is 0 Å². The molecule has 0 radical (unpaired) electrons. The average molecular weight is 451 g/mol. The fourth-order valence-electron chi connectivity index (χ4n) is 3.10. The highest BCUT2D eigenvalue weighted by molar-refractivity contribution is 5.91. The number of aromatic nitrogens is 2. The first kappa shape index (κ1) is 23.3. The summed E-state index contributed by atoms with van der Waals surface area (Å²) in [6.45, 7) is 0.0375. The Bertz CT molecular complexity index is 1050. The minimum absolute atomic E-state index is 0.0375. The molecule has 33 heavy (non-hydrogen) atoms. The number of aromatic amines is 1. The number of H-pyrrole nitrogens is 1. The van der Waals surface area contributed by atoms with E-state index in [4.69, 9.17) is 10.5 Å². The predicted molar refractivity (Wildman–Crippen MR) is 119 cm³/mol. The zero-order chi connectivity index (χ0) is 23.6. The number of ether oxygens (including phenoxy) is 1. The largest absolute Gasteiger partial charge is 0.508 e. The molecule has 172 valence electrons. The van der Waals surface area contributed by atoms with Crippen LogP contribution in [0.25, 0.3) is 0 Å². The van der Waals surface area contributed by atoms with Gasteiger partial charge < -0.3 is 31.2 Å². The number of primary amides is 1. The third kappa shape index (κ3) is 7.39. The van der Waals surface area contributed by atoms with Gasteiger partial charge in [0.25, 0.3) is 0 Å². The molecule has 1 aromatic heterocycles. The van der Waals surface area contributed by atoms with Gasteiger partial charge in [-0.1, -0.05) is 42.5 Å². The molecule has 0 aliphatic rings. The standard InChI is InChI=1S/C23H25N5O5/c24-21(30)19(10-15-6-8-18(29)9-7-15)27-22(31)20(11-17-12-25-14-26-17)28-23(32)33-13-16-4-2-1-3-5-16/h1-9,12,14,19-20,29H,10-11,13H2,(H2,24,30)(H,25,26)(H,27,31)(H,28,32)/t19-,20?/m0/s1. The third-order valence-electron chi connectivity index (χ3n) is 4.84. The monoisotopic (exact) mass is 451 g/mol. The molecular formula is C23H25N5O5. The lowest BCUT2D eigenvalue weighted by Gasteiger charge is -2.21. The highest BCUT2D eigenvalue weighted by Crippen LogP contribution is 2.12. The number of amides is 3. The van der Waals surface area contributed by atoms with Crippen molar-refractivity contribution < 1.29 is 24.2 Å². The maximum Gasteiger partial charge on any atom is 0.408 e. The Labute approximate surface area is 190 Å². The van der Waals surface area contributed by atoms with Gasteiger partial charge in [-0.3, -0.25) is 9.59 Å². The zero-order valence-electron chi connectivity index (χ0n) is 17.7. The Balaban J connectivity index is 1.66. The molecule has 0 saturated carbocycles. The number of benzene rings is 2. The minimum Gasteiger partial charge on any atom is -0.508 e. The van der Waals surface area contributed by atoms with Crippen LogP contribution in [0.15, 0.2) is 67.1 Å². The molecule has 10 heteroatoms. The van der Waals surface area contributed by atoms with Crippen molar-refractivity contribution in [3.63, 3.8) is 0 Å². The summed E-state index contributed by atoms with van der Waals surface area (Å²) in [6, 6.07) is 13.2. The molecule has 2 aromatic carbocycles. The zero-order valence-corrected chi connectivity index (χ0v) is 17.7. The van der Waals surface area contributed by atoms with Gasteiger partial charge in [-0.05, 0) is 23.3 Å². The summed E-state index contributed by atoms with van der Waals surface area (Å²) in [6.07, 6.45) is 2.41. The maximum atomic E-state index is 13.0. The molecular weight excluding hydrogens is 426 g/mol. The molecule has 3 rings (SSSR count). The summed E-state index contributed by atoms with van der Waals surface area (Å²) in [7, 11) is 0. The molecule has 0 saturated heterocycles. The Morgan fingerprint density at radius 1 is 0.970 bits per heavy atom. The molecule has 0 bridgehead atoms. The minimum atomic E-state index is -1.05. The van der Waals surface area contributed by atoms with Gasteiger partial charge in [0, 0.05) is 24.7 Å². The van der Waals surface area contributed by atoms with Crippen LogP contribution in [0.2, 0.25) is 0 Å². The summed E-state index contributed by atoms with van der Waals surface area (Å²) in [5.41, 5.74) is 7.57. The Morgan fingerprint density at radius 2 is 1.70 bits per heavy atom. The predicted octanol–water partition coefficient (Wildman–Crippen LogP) is 1.17. The molecule has 1 unspecified atom stereocenters. The second-order valence-corrected chi connectivity index (χ2v) is 7.37. The number of nitrogens with zero attached hydrogens (tertiary/aromatic N) is 1. The van der Waals surface area contributed by atoms with Crippen LogP contribution in [0.5, 0.6) is 5.75 Å². The number of carbonyl (C=O) groups excluding carboxylic acids is 3. The number of hydrogen-bond acceptors (Lipinski definition) is 6. The molecule has 3 amide bonds. The van der Waals surface area contributed by atoms with Crippen molar-refractivity contribution in [3.05, 3.63) is 83.9 Å². The molecule has 0 aliphatic heterocycles. The van der Waals surface area contributed by atoms with Gasteiger partial charge in [0.1, 0.15) is 24.4 Å². The fraction of sp³-hybridized carbons (Fsp3) is 0.217. The van der Waals surface area contributed by atoms with Crippen molar-refractivity contribution in [2.45, 2.75) is 31.5 Å². The van der Waals surface area contributed by atoms with Crippen LogP contribution >= 0.6 is 0 Å². The molecule has 1 heterocycles. The van der Waals surface area contributed by atoms with E-state index in [0.29, 0.717) is 11.3 Å². The van der Waals surface area contributed by atoms with Crippen LogP contribution in [0, 0.1) is 0 Å². The number of rotatable bonds is 10. The third-order valence-corrected chi connectivity index (χ3v) is 4.84. The van der Waals surface area contributed by atoms with E-state index in [1.165, 1.54) is 24.7 Å².